The Morgan fingerprint density at radius 3 is 1.50 bits per heavy atom. The van der Waals surface area contributed by atoms with E-state index in [4.69, 9.17) is 85.2 Å². The molecule has 98 heavy (non-hydrogen) atoms. The number of hydrogen-bond donors (Lipinski definition) is 5. The van der Waals surface area contributed by atoms with Crippen LogP contribution < -0.4 is 22.0 Å². The zero-order valence-electron chi connectivity index (χ0n) is 56.5. The van der Waals surface area contributed by atoms with Crippen molar-refractivity contribution in [2.24, 2.45) is 40.3 Å². The second-order valence-electron chi connectivity index (χ2n) is 20.1. The summed E-state index contributed by atoms with van der Waals surface area (Å²) in [7, 11) is 18.0. The van der Waals surface area contributed by atoms with E-state index in [-0.39, 0.29) is 64.1 Å². The van der Waals surface area contributed by atoms with Crippen LogP contribution in [0.3, 0.4) is 0 Å². The number of rotatable bonds is 10. The van der Waals surface area contributed by atoms with Crippen LogP contribution in [0.25, 0.3) is 11.0 Å². The summed E-state index contributed by atoms with van der Waals surface area (Å²) in [6.45, 7) is 10.6. The first-order chi connectivity index (χ1) is 45.5. The number of carbonyl (C=O) groups is 10. The van der Waals surface area contributed by atoms with Gasteiger partial charge in [0.05, 0.1) is 54.0 Å². The summed E-state index contributed by atoms with van der Waals surface area (Å²) in [5.74, 6) is -2.98. The van der Waals surface area contributed by atoms with Gasteiger partial charge in [-0.15, -0.1) is 0 Å². The van der Waals surface area contributed by atoms with Crippen LogP contribution in [0.5, 0.6) is 0 Å². The van der Waals surface area contributed by atoms with Crippen LogP contribution in [0.4, 0.5) is 16.4 Å². The number of nitrogen functional groups attached to an aromatic ring is 1. The second kappa shape index (κ2) is 43.8. The van der Waals surface area contributed by atoms with Crippen molar-refractivity contribution in [1.29, 1.82) is 0 Å². The number of likely N-dealkylation sites (N-methyl/N-ethyl adjacent to an activating group) is 2. The molecule has 36 nitrogen and oxygen atoms in total. The maximum atomic E-state index is 11.4. The van der Waals surface area contributed by atoms with E-state index in [1.807, 2.05) is 6.92 Å². The van der Waals surface area contributed by atoms with Crippen LogP contribution in [0.2, 0.25) is 25.8 Å². The lowest BCUT2D eigenvalue weighted by Gasteiger charge is -2.19. The van der Waals surface area contributed by atoms with Crippen molar-refractivity contribution in [3.8, 4) is 0 Å². The first-order valence-corrected chi connectivity index (χ1v) is 30.0. The summed E-state index contributed by atoms with van der Waals surface area (Å²) in [5, 5.41) is 39.8. The lowest BCUT2D eigenvalue weighted by atomic mass is 10.2. The molecule has 0 aromatic carbocycles. The van der Waals surface area contributed by atoms with E-state index in [1.165, 1.54) is 96.5 Å². The molecule has 2 aliphatic heterocycles. The Hall–Kier alpha value is -9.33. The number of methoxy groups -OCH3 is 5. The molecule has 0 spiro atoms. The van der Waals surface area contributed by atoms with Gasteiger partial charge in [0, 0.05) is 98.2 Å². The number of ether oxygens (including phenoxy) is 7. The number of aryl methyl sites for hydroxylation is 6. The van der Waals surface area contributed by atoms with Crippen molar-refractivity contribution in [1.82, 2.24) is 69.3 Å². The zero-order valence-corrected chi connectivity index (χ0v) is 61.0. The van der Waals surface area contributed by atoms with Gasteiger partial charge in [-0.3, -0.25) is 63.1 Å². The van der Waals surface area contributed by atoms with E-state index < -0.39 is 47.6 Å². The molecule has 6 aromatic rings. The van der Waals surface area contributed by atoms with E-state index in [9.17, 15) is 52.7 Å². The number of carboxylic acids is 1. The Balaban J connectivity index is 0.00000109. The molecule has 6 N–H and O–H groups in total. The van der Waals surface area contributed by atoms with Crippen molar-refractivity contribution in [2.45, 2.75) is 78.5 Å². The van der Waals surface area contributed by atoms with Crippen molar-refractivity contribution in [2.75, 3.05) is 67.3 Å². The molecule has 542 valence electrons. The number of aromatic nitrogens is 11. The number of hydrogen-bond acceptors (Lipinski definition) is 27. The van der Waals surface area contributed by atoms with Crippen molar-refractivity contribution >= 4 is 157 Å². The summed E-state index contributed by atoms with van der Waals surface area (Å²) in [6, 6.07) is 6.60. The highest BCUT2D eigenvalue weighted by atomic mass is 35.5. The van der Waals surface area contributed by atoms with Gasteiger partial charge in [0.1, 0.15) is 57.7 Å². The third kappa shape index (κ3) is 33.6. The smallest absolute Gasteiger partial charge is 0.413 e. The molecule has 1 fully saturated rings. The van der Waals surface area contributed by atoms with Gasteiger partial charge in [-0.1, -0.05) is 69.6 Å². The highest BCUT2D eigenvalue weighted by molar-refractivity contribution is 6.65. The fourth-order valence-corrected chi connectivity index (χ4v) is 8.30. The minimum absolute atomic E-state index is 0.0880. The predicted octanol–water partition coefficient (Wildman–Crippen LogP) is 5.66. The number of esters is 6. The molecule has 6 aromatic heterocycles. The molecule has 0 saturated carbocycles. The number of nitrogens with two attached hydrogens (primary N) is 1. The molecule has 0 radical (unpaired) electrons. The molecular weight excluding hydrogens is 1430 g/mol. The maximum absolute atomic E-state index is 11.4. The summed E-state index contributed by atoms with van der Waals surface area (Å²) in [4.78, 5) is 120. The van der Waals surface area contributed by atoms with Crippen molar-refractivity contribution in [3.05, 3.63) is 95.6 Å². The standard InChI is InChI=1S/C9H14ClN3O2.C8H8ClN3O.C6H9ClN2O2.C6H7ClN2O2.C6H10N2O3.C6H8O4.C6H10O3.C5H5ClN2O2.C4H6ClN3/c1-9(2,3)15-8(14)11-7-5-6(10)12-13(7)4;1-4-3-5(13)10-8-6(4)7(9)11-12(8)2;2*1-9-4(6(10)11-2)3-5(7)8-9;1-8-4(6(10)11-2)3-5(9)7-8;1-9-5(7)3-4-6(8)10-2;1-3-9-6(8)4-5(2)7;1-8-3(5(9)10)2-4(6)7-8;1-8-4(6)2-3(5)7-8/h5H,1-4H3,(H,11,14);3H,1-2H3,(H,10,13);4H,3H2,1-2H3;3H,1-2H3;4H,3H2,1-2H3,(H,7,9);3-4H,1-2H3;3-4H2,1-2H3;2H,1H3,(H,9,10);2H,6H2,1H3/b;;;;;4-3+;;;. The third-order valence-electron chi connectivity index (χ3n) is 11.3. The van der Waals surface area contributed by atoms with Gasteiger partial charge < -0.3 is 49.0 Å². The maximum Gasteiger partial charge on any atom is 0.413 e. The van der Waals surface area contributed by atoms with Crippen molar-refractivity contribution in [3.63, 3.8) is 0 Å². The fraction of sp³-hybridized carbons (Fsp3) is 0.446. The largest absolute Gasteiger partial charge is 0.477 e. The van der Waals surface area contributed by atoms with Crippen LogP contribution in [0, 0.1) is 6.92 Å². The molecule has 0 aliphatic carbocycles. The quantitative estimate of drug-likeness (QED) is 0.0478. The normalized spacial score (nSPS) is 13.2. The van der Waals surface area contributed by atoms with Crippen LogP contribution in [0.1, 0.15) is 80.4 Å². The van der Waals surface area contributed by atoms with E-state index in [1.54, 1.807) is 86.8 Å². The molecule has 42 heteroatoms. The number of hydrazone groups is 1. The van der Waals surface area contributed by atoms with Crippen LogP contribution in [-0.2, 0) is 102 Å². The fourth-order valence-electron chi connectivity index (χ4n) is 6.81. The zero-order chi connectivity index (χ0) is 75.6. The Bertz CT molecular complexity index is 3780. The number of Topliss-reactive ketones (excluding diaryl/α,β-unsaturated/α-hetero) is 1. The van der Waals surface area contributed by atoms with Crippen LogP contribution >= 0.6 is 69.6 Å². The molecule has 8 heterocycles. The number of amides is 2. The number of nitrogens with one attached hydrogen (secondary N) is 3. The van der Waals surface area contributed by atoms with Gasteiger partial charge in [0.25, 0.3) is 0 Å². The lowest BCUT2D eigenvalue weighted by Crippen LogP contribution is -2.39. The number of anilines is 2. The number of carboxylic acid groups (broad SMARTS) is 1. The molecule has 0 bridgehead atoms. The molecule has 2 amide bonds. The highest BCUT2D eigenvalue weighted by Crippen LogP contribution is 2.23. The first kappa shape index (κ1) is 88.7. The molecule has 2 atom stereocenters. The van der Waals surface area contributed by atoms with Crippen LogP contribution in [-0.4, -0.2) is 208 Å². The highest BCUT2D eigenvalue weighted by Gasteiger charge is 2.34. The summed E-state index contributed by atoms with van der Waals surface area (Å²) >= 11 is 33.5. The number of pyridine rings is 1. The molecule has 8 rings (SSSR count). The van der Waals surface area contributed by atoms with Gasteiger partial charge in [-0.25, -0.2) is 33.8 Å². The SMILES string of the molecule is CCOC(=O)CC(C)=O.COC(=O)/C=C/C(=O)OC.COC(=O)C1CC(=O)NN1C.COC(=O)C1CC(Cl)=NN1C.COC(=O)c1cc(Cl)nn1C.Cc1cc(=O)[nH]c2c1c(Cl)nn2C.Cn1nc(Cl)cc1C(=O)O.Cn1nc(Cl)cc1N.Cn1nc(Cl)cc1NC(=O)OC(C)(C)C. The minimum atomic E-state index is -1.03. The van der Waals surface area contributed by atoms with Gasteiger partial charge in [0.2, 0.25) is 11.5 Å². The van der Waals surface area contributed by atoms with Crippen molar-refractivity contribution < 1.29 is 86.2 Å². The molecule has 2 unspecified atom stereocenters. The van der Waals surface area contributed by atoms with E-state index >= 15 is 0 Å². The average Bonchev–Trinajstić information content (AvgIpc) is 1.64. The minimum Gasteiger partial charge on any atom is -0.477 e. The topological polar surface area (TPSA) is 446 Å². The Labute approximate surface area is 591 Å². The Morgan fingerprint density at radius 2 is 1.15 bits per heavy atom. The summed E-state index contributed by atoms with van der Waals surface area (Å²) in [5.41, 5.74) is 9.12. The number of halogens is 6. The predicted molar refractivity (Wildman–Crippen MR) is 359 cm³/mol. The number of aromatic carboxylic acids is 1. The third-order valence-corrected chi connectivity index (χ3v) is 12.5. The number of H-pyrrole nitrogens is 1. The average molecular weight is 1510 g/mol. The number of aromatic amines is 1. The number of fused-ring (bicyclic) bond motifs is 1. The van der Waals surface area contributed by atoms with Gasteiger partial charge in [0.15, 0.2) is 31.8 Å². The lowest BCUT2D eigenvalue weighted by molar-refractivity contribution is -0.146. The number of carbonyl (C=O) groups excluding carboxylic acids is 9. The van der Waals surface area contributed by atoms with Gasteiger partial charge >= 0.3 is 47.9 Å². The first-order valence-electron chi connectivity index (χ1n) is 27.7. The van der Waals surface area contributed by atoms with Crippen LogP contribution in [0.15, 0.2) is 52.4 Å². The number of nitrogens with zero attached hydrogens (tertiary/aromatic N) is 13. The number of ketones is 1. The summed E-state index contributed by atoms with van der Waals surface area (Å²) in [6.07, 6.45) is 1.99. The Kier molecular flexibility index (Phi) is 39.6. The molecule has 1 saturated heterocycles. The van der Waals surface area contributed by atoms with E-state index in [2.05, 4.69) is 74.7 Å². The van der Waals surface area contributed by atoms with E-state index in [0.29, 0.717) is 56.6 Å². The molecular formula is C56H77Cl6N17O19. The van der Waals surface area contributed by atoms with Gasteiger partial charge in [-0.05, 0) is 47.1 Å². The summed E-state index contributed by atoms with van der Waals surface area (Å²) < 4.78 is 38.6. The van der Waals surface area contributed by atoms with E-state index in [0.717, 1.165) is 23.1 Å². The molecule has 2 aliphatic rings. The second-order valence-corrected chi connectivity index (χ2v) is 22.4. The monoisotopic (exact) mass is 1500 g/mol. The van der Waals surface area contributed by atoms with Gasteiger partial charge in [-0.2, -0.15) is 30.6 Å². The number of hydrazine groups is 1. The Morgan fingerprint density at radius 1 is 0.663 bits per heavy atom.